The molecule has 1 aliphatic heterocycles. The molecule has 2 fully saturated rings. The third-order valence-electron chi connectivity index (χ3n) is 4.63. The van der Waals surface area contributed by atoms with Crippen LogP contribution in [0.25, 0.3) is 0 Å². The van der Waals surface area contributed by atoms with Crippen molar-refractivity contribution in [2.45, 2.75) is 56.7 Å². The van der Waals surface area contributed by atoms with Gasteiger partial charge >= 0.3 is 0 Å². The zero-order valence-corrected chi connectivity index (χ0v) is 11.9. The minimum absolute atomic E-state index is 0.0124. The summed E-state index contributed by atoms with van der Waals surface area (Å²) >= 11 is 5.78. The van der Waals surface area contributed by atoms with Crippen molar-refractivity contribution >= 4 is 11.6 Å². The Bertz CT molecular complexity index is 417. The van der Waals surface area contributed by atoms with Gasteiger partial charge in [0.15, 0.2) is 5.22 Å². The van der Waals surface area contributed by atoms with E-state index in [9.17, 15) is 5.11 Å². The summed E-state index contributed by atoms with van der Waals surface area (Å²) < 4.78 is 11.4. The van der Waals surface area contributed by atoms with Crippen LogP contribution >= 0.6 is 11.6 Å². The van der Waals surface area contributed by atoms with E-state index in [1.54, 1.807) is 12.1 Å². The molecular weight excluding hydrogens is 264 g/mol. The SMILES string of the molecule is OC(c1ccc(Cl)o1)C1CCOC2(CCCCC2)C1. The largest absolute Gasteiger partial charge is 0.447 e. The van der Waals surface area contributed by atoms with Crippen molar-refractivity contribution in [3.05, 3.63) is 23.1 Å². The highest BCUT2D eigenvalue weighted by Gasteiger charge is 2.41. The summed E-state index contributed by atoms with van der Waals surface area (Å²) in [6, 6.07) is 3.46. The molecule has 3 rings (SSSR count). The van der Waals surface area contributed by atoms with Crippen LogP contribution in [0, 0.1) is 5.92 Å². The molecule has 19 heavy (non-hydrogen) atoms. The fraction of sp³-hybridized carbons (Fsp3) is 0.733. The Morgan fingerprint density at radius 2 is 2.05 bits per heavy atom. The second-order valence-corrected chi connectivity index (χ2v) is 6.30. The molecule has 3 nitrogen and oxygen atoms in total. The normalized spacial score (nSPS) is 28.4. The van der Waals surface area contributed by atoms with Crippen molar-refractivity contribution in [1.82, 2.24) is 0 Å². The van der Waals surface area contributed by atoms with Crippen LogP contribution in [-0.2, 0) is 4.74 Å². The molecule has 2 aliphatic rings. The number of halogens is 1. The molecule has 1 N–H and O–H groups in total. The van der Waals surface area contributed by atoms with Gasteiger partial charge in [-0.3, -0.25) is 0 Å². The fourth-order valence-corrected chi connectivity index (χ4v) is 3.75. The van der Waals surface area contributed by atoms with Gasteiger partial charge in [0.1, 0.15) is 11.9 Å². The van der Waals surface area contributed by atoms with Gasteiger partial charge in [0.05, 0.1) is 5.60 Å². The predicted octanol–water partition coefficient (Wildman–Crippen LogP) is 4.10. The van der Waals surface area contributed by atoms with Crippen LogP contribution < -0.4 is 0 Å². The van der Waals surface area contributed by atoms with Gasteiger partial charge in [0.25, 0.3) is 0 Å². The molecule has 0 amide bonds. The Hall–Kier alpha value is -0.510. The number of hydrogen-bond donors (Lipinski definition) is 1. The van der Waals surface area contributed by atoms with E-state index in [1.165, 1.54) is 19.3 Å². The molecule has 2 unspecified atom stereocenters. The Morgan fingerprint density at radius 3 is 2.74 bits per heavy atom. The van der Waals surface area contributed by atoms with E-state index < -0.39 is 6.10 Å². The first-order valence-corrected chi connectivity index (χ1v) is 7.64. The van der Waals surface area contributed by atoms with E-state index >= 15 is 0 Å². The summed E-state index contributed by atoms with van der Waals surface area (Å²) in [6.45, 7) is 0.746. The van der Waals surface area contributed by atoms with Crippen LogP contribution in [-0.4, -0.2) is 17.3 Å². The first kappa shape index (κ1) is 13.5. The molecule has 0 bridgehead atoms. The summed E-state index contributed by atoms with van der Waals surface area (Å²) in [5.41, 5.74) is 0.0124. The summed E-state index contributed by atoms with van der Waals surface area (Å²) in [5, 5.41) is 10.8. The summed E-state index contributed by atoms with van der Waals surface area (Å²) in [6.07, 6.45) is 7.34. The molecule has 0 aromatic carbocycles. The molecule has 4 heteroatoms. The molecule has 1 spiro atoms. The molecule has 0 radical (unpaired) electrons. The minimum atomic E-state index is -0.560. The van der Waals surface area contributed by atoms with Crippen LogP contribution in [0.5, 0.6) is 0 Å². The van der Waals surface area contributed by atoms with Gasteiger partial charge in [-0.1, -0.05) is 19.3 Å². The van der Waals surface area contributed by atoms with Crippen molar-refractivity contribution < 1.29 is 14.3 Å². The number of furan rings is 1. The molecule has 2 heterocycles. The van der Waals surface area contributed by atoms with Crippen molar-refractivity contribution in [3.8, 4) is 0 Å². The molecule has 2 atom stereocenters. The van der Waals surface area contributed by atoms with E-state index in [0.717, 1.165) is 32.3 Å². The minimum Gasteiger partial charge on any atom is -0.447 e. The van der Waals surface area contributed by atoms with Gasteiger partial charge in [0.2, 0.25) is 0 Å². The topological polar surface area (TPSA) is 42.6 Å². The van der Waals surface area contributed by atoms with Crippen molar-refractivity contribution in [2.75, 3.05) is 6.61 Å². The van der Waals surface area contributed by atoms with E-state index in [2.05, 4.69) is 0 Å². The maximum absolute atomic E-state index is 10.5. The van der Waals surface area contributed by atoms with Gasteiger partial charge in [-0.05, 0) is 55.3 Å². The van der Waals surface area contributed by atoms with E-state index in [4.69, 9.17) is 20.8 Å². The maximum atomic E-state index is 10.5. The Labute approximate surface area is 118 Å². The highest BCUT2D eigenvalue weighted by atomic mass is 35.5. The van der Waals surface area contributed by atoms with E-state index in [0.29, 0.717) is 11.0 Å². The number of rotatable bonds is 2. The van der Waals surface area contributed by atoms with Crippen LogP contribution in [0.4, 0.5) is 0 Å². The van der Waals surface area contributed by atoms with Gasteiger partial charge in [0, 0.05) is 6.61 Å². The molecule has 1 aromatic heterocycles. The van der Waals surface area contributed by atoms with Gasteiger partial charge in [-0.25, -0.2) is 0 Å². The van der Waals surface area contributed by atoms with Crippen LogP contribution in [0.1, 0.15) is 56.8 Å². The van der Waals surface area contributed by atoms with E-state index in [-0.39, 0.29) is 11.5 Å². The monoisotopic (exact) mass is 284 g/mol. The molecule has 1 aliphatic carbocycles. The smallest absolute Gasteiger partial charge is 0.193 e. The summed E-state index contributed by atoms with van der Waals surface area (Å²) in [5.74, 6) is 0.803. The number of aliphatic hydroxyl groups excluding tert-OH is 1. The zero-order chi connectivity index (χ0) is 13.3. The Kier molecular flexibility index (Phi) is 3.88. The Morgan fingerprint density at radius 1 is 1.26 bits per heavy atom. The quantitative estimate of drug-likeness (QED) is 0.889. The molecule has 1 aromatic rings. The zero-order valence-electron chi connectivity index (χ0n) is 11.1. The van der Waals surface area contributed by atoms with Crippen molar-refractivity contribution in [2.24, 2.45) is 5.92 Å². The third kappa shape index (κ3) is 2.83. The second-order valence-electron chi connectivity index (χ2n) is 5.93. The lowest BCUT2D eigenvalue weighted by atomic mass is 9.74. The van der Waals surface area contributed by atoms with Crippen LogP contribution in [0.15, 0.2) is 16.5 Å². The molecular formula is C15H21ClO3. The molecule has 1 saturated heterocycles. The average molecular weight is 285 g/mol. The lowest BCUT2D eigenvalue weighted by Crippen LogP contribution is -2.42. The standard InChI is InChI=1S/C15H21ClO3/c16-13-5-4-12(19-13)14(17)11-6-9-18-15(10-11)7-2-1-3-8-15/h4-5,11,14,17H,1-3,6-10H2. The first-order chi connectivity index (χ1) is 9.19. The number of hydrogen-bond acceptors (Lipinski definition) is 3. The van der Waals surface area contributed by atoms with Crippen molar-refractivity contribution in [3.63, 3.8) is 0 Å². The molecule has 1 saturated carbocycles. The second kappa shape index (κ2) is 5.47. The number of ether oxygens (including phenoxy) is 1. The van der Waals surface area contributed by atoms with Gasteiger partial charge < -0.3 is 14.3 Å². The summed E-state index contributed by atoms with van der Waals surface area (Å²) in [7, 11) is 0. The lowest BCUT2D eigenvalue weighted by Gasteiger charge is -2.44. The maximum Gasteiger partial charge on any atom is 0.193 e. The highest BCUT2D eigenvalue weighted by molar-refractivity contribution is 6.28. The first-order valence-electron chi connectivity index (χ1n) is 7.26. The lowest BCUT2D eigenvalue weighted by molar-refractivity contribution is -0.135. The predicted molar refractivity (Wildman–Crippen MR) is 73.2 cm³/mol. The molecule has 106 valence electrons. The Balaban J connectivity index is 1.70. The average Bonchev–Trinajstić information content (AvgIpc) is 2.85. The fourth-order valence-electron chi connectivity index (χ4n) is 3.60. The summed E-state index contributed by atoms with van der Waals surface area (Å²) in [4.78, 5) is 0. The van der Waals surface area contributed by atoms with Gasteiger partial charge in [-0.15, -0.1) is 0 Å². The van der Waals surface area contributed by atoms with Crippen LogP contribution in [0.3, 0.4) is 0 Å². The van der Waals surface area contributed by atoms with E-state index in [1.807, 2.05) is 0 Å². The van der Waals surface area contributed by atoms with Crippen LogP contribution in [0.2, 0.25) is 5.22 Å². The third-order valence-corrected chi connectivity index (χ3v) is 4.83. The highest BCUT2D eigenvalue weighted by Crippen LogP contribution is 2.44. The number of aliphatic hydroxyl groups is 1. The van der Waals surface area contributed by atoms with Crippen molar-refractivity contribution in [1.29, 1.82) is 0 Å². The van der Waals surface area contributed by atoms with Gasteiger partial charge in [-0.2, -0.15) is 0 Å².